The van der Waals surface area contributed by atoms with Crippen molar-refractivity contribution in [3.63, 3.8) is 0 Å². The van der Waals surface area contributed by atoms with E-state index >= 15 is 0 Å². The van der Waals surface area contributed by atoms with E-state index in [0.29, 0.717) is 0 Å². The van der Waals surface area contributed by atoms with Gasteiger partial charge in [0.1, 0.15) is 0 Å². The van der Waals surface area contributed by atoms with Gasteiger partial charge in [-0.1, -0.05) is 294 Å². The Kier molecular flexibility index (Phi) is 25.7. The molecular formula is C66H87N. The number of rotatable bonds is 33. The van der Waals surface area contributed by atoms with Crippen molar-refractivity contribution in [3.8, 4) is 0 Å². The fourth-order valence-electron chi connectivity index (χ4n) is 9.29. The van der Waals surface area contributed by atoms with Crippen molar-refractivity contribution in [2.45, 2.75) is 156 Å². The van der Waals surface area contributed by atoms with Gasteiger partial charge in [-0.05, 0) is 94.2 Å². The molecule has 0 unspecified atom stereocenters. The first kappa shape index (κ1) is 52.8. The maximum Gasteiger partial charge on any atom is 0.0366 e. The van der Waals surface area contributed by atoms with Crippen molar-refractivity contribution >= 4 is 54.3 Å². The van der Waals surface area contributed by atoms with Crippen LogP contribution >= 0.6 is 0 Å². The first-order valence-electron chi connectivity index (χ1n) is 27.0. The SMILES string of the molecule is CCCCCCC(CCCCCC)CN(CC(CCCCCC)CCCCCC)c1ccc(/C=C/c2ccc(/C=C/c3ccc(/C=C/c4ccc(/C=C/c5ccccc5)cc4)cc3)cc2)cc1. The summed E-state index contributed by atoms with van der Waals surface area (Å²) in [5.74, 6) is 1.56. The largest absolute Gasteiger partial charge is 0.371 e. The highest BCUT2D eigenvalue weighted by molar-refractivity contribution is 5.76. The van der Waals surface area contributed by atoms with E-state index in [0.717, 1.165) is 11.8 Å². The lowest BCUT2D eigenvalue weighted by Gasteiger charge is -2.33. The summed E-state index contributed by atoms with van der Waals surface area (Å²) < 4.78 is 0. The summed E-state index contributed by atoms with van der Waals surface area (Å²) >= 11 is 0. The predicted molar refractivity (Wildman–Crippen MR) is 302 cm³/mol. The highest BCUT2D eigenvalue weighted by Crippen LogP contribution is 2.28. The van der Waals surface area contributed by atoms with Crippen molar-refractivity contribution in [1.82, 2.24) is 0 Å². The Morgan fingerprint density at radius 3 is 0.776 bits per heavy atom. The molecule has 1 nitrogen and oxygen atoms in total. The van der Waals surface area contributed by atoms with Crippen molar-refractivity contribution in [1.29, 1.82) is 0 Å². The van der Waals surface area contributed by atoms with E-state index in [-0.39, 0.29) is 0 Å². The van der Waals surface area contributed by atoms with Crippen LogP contribution in [0.15, 0.2) is 127 Å². The molecule has 0 N–H and O–H groups in total. The molecule has 1 heteroatoms. The molecule has 0 saturated carbocycles. The molecule has 5 rings (SSSR count). The van der Waals surface area contributed by atoms with Crippen LogP contribution in [0.4, 0.5) is 5.69 Å². The average Bonchev–Trinajstić information content (AvgIpc) is 3.37. The Balaban J connectivity index is 1.18. The molecule has 0 fully saturated rings. The zero-order valence-electron chi connectivity index (χ0n) is 42.4. The maximum absolute atomic E-state index is 2.84. The zero-order valence-corrected chi connectivity index (χ0v) is 42.4. The lowest BCUT2D eigenvalue weighted by molar-refractivity contribution is 0.368. The van der Waals surface area contributed by atoms with Crippen LogP contribution < -0.4 is 4.90 Å². The molecule has 0 aliphatic rings. The van der Waals surface area contributed by atoms with Crippen LogP contribution in [-0.4, -0.2) is 13.1 Å². The van der Waals surface area contributed by atoms with Gasteiger partial charge < -0.3 is 4.90 Å². The molecule has 0 spiro atoms. The molecule has 356 valence electrons. The van der Waals surface area contributed by atoms with Crippen LogP contribution in [0.3, 0.4) is 0 Å². The molecule has 67 heavy (non-hydrogen) atoms. The molecule has 0 heterocycles. The number of anilines is 1. The highest BCUT2D eigenvalue weighted by atomic mass is 15.1. The summed E-state index contributed by atoms with van der Waals surface area (Å²) in [5.41, 5.74) is 11.1. The summed E-state index contributed by atoms with van der Waals surface area (Å²) in [4.78, 5) is 2.84. The van der Waals surface area contributed by atoms with E-state index in [1.54, 1.807) is 0 Å². The minimum absolute atomic E-state index is 0.782. The predicted octanol–water partition coefficient (Wildman–Crippen LogP) is 20.3. The molecule has 0 aliphatic carbocycles. The highest BCUT2D eigenvalue weighted by Gasteiger charge is 2.20. The molecule has 0 saturated heterocycles. The molecule has 0 bridgehead atoms. The third-order valence-corrected chi connectivity index (χ3v) is 13.6. The van der Waals surface area contributed by atoms with E-state index in [1.807, 2.05) is 6.07 Å². The first-order chi connectivity index (χ1) is 33.0. The van der Waals surface area contributed by atoms with Crippen molar-refractivity contribution in [3.05, 3.63) is 172 Å². The lowest BCUT2D eigenvalue weighted by Crippen LogP contribution is -2.34. The fourth-order valence-corrected chi connectivity index (χ4v) is 9.29. The number of benzene rings is 5. The van der Waals surface area contributed by atoms with Crippen LogP contribution in [0.25, 0.3) is 48.6 Å². The molecule has 0 radical (unpaired) electrons. The van der Waals surface area contributed by atoms with Gasteiger partial charge in [0.25, 0.3) is 0 Å². The van der Waals surface area contributed by atoms with Gasteiger partial charge in [0.05, 0.1) is 0 Å². The summed E-state index contributed by atoms with van der Waals surface area (Å²) in [5, 5.41) is 0. The third kappa shape index (κ3) is 21.6. The van der Waals surface area contributed by atoms with Gasteiger partial charge in [-0.2, -0.15) is 0 Å². The van der Waals surface area contributed by atoms with Gasteiger partial charge in [-0.15, -0.1) is 0 Å². The van der Waals surface area contributed by atoms with Crippen LogP contribution in [0, 0.1) is 11.8 Å². The van der Waals surface area contributed by atoms with Crippen molar-refractivity contribution in [2.24, 2.45) is 11.8 Å². The summed E-state index contributed by atoms with van der Waals surface area (Å²) in [6, 6.07) is 46.4. The number of hydrogen-bond acceptors (Lipinski definition) is 1. The van der Waals surface area contributed by atoms with Gasteiger partial charge in [0.2, 0.25) is 0 Å². The smallest absolute Gasteiger partial charge is 0.0366 e. The Hall–Kier alpha value is -5.14. The standard InChI is InChI=1S/C66H87N/c1-5-9-13-18-26-64(27-19-14-10-6-2)54-67(55-65(28-20-15-11-7-3)29-21-16-12-8-4)66-52-50-63(51-53-66)49-48-62-46-44-61(45-47-62)43-42-60-40-38-59(39-41-60)37-36-58-34-32-57(33-35-58)31-30-56-24-22-17-23-25-56/h17,22-25,30-53,64-65H,5-16,18-21,26-29,54-55H2,1-4H3/b31-30+,37-36+,43-42+,49-48+. The molecule has 0 amide bonds. The second-order valence-corrected chi connectivity index (χ2v) is 19.4. The second kappa shape index (κ2) is 32.5. The Labute approximate surface area is 410 Å². The minimum atomic E-state index is 0.782. The van der Waals surface area contributed by atoms with E-state index in [2.05, 4.69) is 203 Å². The number of unbranched alkanes of at least 4 members (excludes halogenated alkanes) is 12. The Bertz CT molecular complexity index is 2060. The molecule has 0 aromatic heterocycles. The Morgan fingerprint density at radius 1 is 0.284 bits per heavy atom. The number of hydrogen-bond donors (Lipinski definition) is 0. The normalized spacial score (nSPS) is 12.0. The average molecular weight is 894 g/mol. The summed E-state index contributed by atoms with van der Waals surface area (Å²) in [6.45, 7) is 11.8. The monoisotopic (exact) mass is 894 g/mol. The summed E-state index contributed by atoms with van der Waals surface area (Å²) in [7, 11) is 0. The molecular weight excluding hydrogens is 807 g/mol. The van der Waals surface area contributed by atoms with Crippen LogP contribution in [0.2, 0.25) is 0 Å². The Morgan fingerprint density at radius 2 is 0.522 bits per heavy atom. The maximum atomic E-state index is 2.84. The van der Waals surface area contributed by atoms with Crippen LogP contribution in [0.5, 0.6) is 0 Å². The fraction of sp³-hybridized carbons (Fsp3) is 0.424. The molecule has 5 aromatic rings. The van der Waals surface area contributed by atoms with E-state index in [1.165, 1.54) is 192 Å². The van der Waals surface area contributed by atoms with E-state index in [9.17, 15) is 0 Å². The van der Waals surface area contributed by atoms with Gasteiger partial charge in [0, 0.05) is 18.8 Å². The zero-order chi connectivity index (χ0) is 47.0. The summed E-state index contributed by atoms with van der Waals surface area (Å²) in [6.07, 6.45) is 45.0. The quantitative estimate of drug-likeness (QED) is 0.0300. The molecule has 0 aliphatic heterocycles. The van der Waals surface area contributed by atoms with Crippen LogP contribution in [-0.2, 0) is 0 Å². The lowest BCUT2D eigenvalue weighted by atomic mass is 9.91. The van der Waals surface area contributed by atoms with Crippen LogP contribution in [0.1, 0.15) is 201 Å². The van der Waals surface area contributed by atoms with Gasteiger partial charge >= 0.3 is 0 Å². The minimum Gasteiger partial charge on any atom is -0.371 e. The van der Waals surface area contributed by atoms with E-state index < -0.39 is 0 Å². The van der Waals surface area contributed by atoms with Gasteiger partial charge in [-0.25, -0.2) is 0 Å². The number of nitrogens with zero attached hydrogens (tertiary/aromatic N) is 1. The topological polar surface area (TPSA) is 3.24 Å². The van der Waals surface area contributed by atoms with Gasteiger partial charge in [-0.3, -0.25) is 0 Å². The third-order valence-electron chi connectivity index (χ3n) is 13.6. The van der Waals surface area contributed by atoms with Crippen molar-refractivity contribution < 1.29 is 0 Å². The van der Waals surface area contributed by atoms with E-state index in [4.69, 9.17) is 0 Å². The first-order valence-corrected chi connectivity index (χ1v) is 27.0. The van der Waals surface area contributed by atoms with Crippen molar-refractivity contribution in [2.75, 3.05) is 18.0 Å². The molecule has 0 atom stereocenters. The molecule has 5 aromatic carbocycles. The second-order valence-electron chi connectivity index (χ2n) is 19.4. The van der Waals surface area contributed by atoms with Gasteiger partial charge in [0.15, 0.2) is 0 Å².